The van der Waals surface area contributed by atoms with Crippen LogP contribution < -0.4 is 0 Å². The van der Waals surface area contributed by atoms with Gasteiger partial charge in [-0.2, -0.15) is 5.26 Å². The van der Waals surface area contributed by atoms with E-state index < -0.39 is 0 Å². The molecule has 64 valence electrons. The van der Waals surface area contributed by atoms with Gasteiger partial charge >= 0.3 is 0 Å². The van der Waals surface area contributed by atoms with Gasteiger partial charge in [0.2, 0.25) is 0 Å². The first kappa shape index (κ1) is 7.88. The van der Waals surface area contributed by atoms with Gasteiger partial charge in [-0.1, -0.05) is 12.1 Å². The van der Waals surface area contributed by atoms with Crippen LogP contribution in [0.5, 0.6) is 0 Å². The van der Waals surface area contributed by atoms with Crippen molar-refractivity contribution >= 4 is 10.9 Å². The molecule has 13 heavy (non-hydrogen) atoms. The smallest absolute Gasteiger partial charge is 0.0670 e. The van der Waals surface area contributed by atoms with E-state index in [-0.39, 0.29) is 0 Å². The highest BCUT2D eigenvalue weighted by atomic mass is 14.7. The van der Waals surface area contributed by atoms with Gasteiger partial charge in [0.1, 0.15) is 0 Å². The number of benzene rings is 1. The summed E-state index contributed by atoms with van der Waals surface area (Å²) < 4.78 is 0. The van der Waals surface area contributed by atoms with Crippen LogP contribution in [0.2, 0.25) is 0 Å². The first-order chi connectivity index (χ1) is 6.31. The third kappa shape index (κ3) is 1.29. The third-order valence-corrected chi connectivity index (χ3v) is 2.19. The molecule has 2 rings (SSSR count). The topological polar surface area (TPSA) is 39.6 Å². The molecule has 1 aromatic carbocycles. The molecule has 0 saturated heterocycles. The molecule has 2 nitrogen and oxygen atoms in total. The number of nitrogens with one attached hydrogen (secondary N) is 1. The van der Waals surface area contributed by atoms with Crippen molar-refractivity contribution in [2.24, 2.45) is 0 Å². The molecule has 0 fully saturated rings. The lowest BCUT2D eigenvalue weighted by atomic mass is 10.1. The molecule has 2 aromatic rings. The van der Waals surface area contributed by atoms with E-state index in [0.29, 0.717) is 6.42 Å². The average molecular weight is 170 g/mol. The van der Waals surface area contributed by atoms with E-state index in [4.69, 9.17) is 5.26 Å². The van der Waals surface area contributed by atoms with Crippen molar-refractivity contribution in [3.05, 3.63) is 35.5 Å². The van der Waals surface area contributed by atoms with Crippen molar-refractivity contribution in [1.29, 1.82) is 5.26 Å². The van der Waals surface area contributed by atoms with E-state index in [0.717, 1.165) is 16.5 Å². The fourth-order valence-electron chi connectivity index (χ4n) is 1.53. The number of fused-ring (bicyclic) bond motifs is 1. The van der Waals surface area contributed by atoms with Crippen LogP contribution in [-0.2, 0) is 6.42 Å². The van der Waals surface area contributed by atoms with Crippen molar-refractivity contribution in [3.8, 4) is 6.07 Å². The average Bonchev–Trinajstić information content (AvgIpc) is 2.49. The van der Waals surface area contributed by atoms with E-state index in [1.54, 1.807) is 0 Å². The van der Waals surface area contributed by atoms with Crippen molar-refractivity contribution < 1.29 is 0 Å². The number of aromatic amines is 1. The first-order valence-electron chi connectivity index (χ1n) is 4.25. The summed E-state index contributed by atoms with van der Waals surface area (Å²) in [5.41, 5.74) is 3.43. The summed E-state index contributed by atoms with van der Waals surface area (Å²) in [6, 6.07) is 8.38. The quantitative estimate of drug-likeness (QED) is 0.701. The zero-order valence-electron chi connectivity index (χ0n) is 7.46. The largest absolute Gasteiger partial charge is 0.361 e. The van der Waals surface area contributed by atoms with Crippen LogP contribution in [-0.4, -0.2) is 4.98 Å². The molecule has 0 unspecified atom stereocenters. The molecule has 0 atom stereocenters. The number of hydrogen-bond donors (Lipinski definition) is 1. The number of aryl methyl sites for hydroxylation is 1. The van der Waals surface area contributed by atoms with Gasteiger partial charge < -0.3 is 4.98 Å². The second-order valence-electron chi connectivity index (χ2n) is 3.20. The summed E-state index contributed by atoms with van der Waals surface area (Å²) in [4.78, 5) is 3.16. The zero-order valence-corrected chi connectivity index (χ0v) is 7.46. The summed E-state index contributed by atoms with van der Waals surface area (Å²) >= 11 is 0. The SMILES string of the molecule is Cc1ccc2c(CC#N)c[nH]c2c1. The minimum atomic E-state index is 0.475. The molecule has 1 heterocycles. The molecule has 0 aliphatic heterocycles. The number of H-pyrrole nitrogens is 1. The molecular weight excluding hydrogens is 160 g/mol. The maximum Gasteiger partial charge on any atom is 0.0670 e. The van der Waals surface area contributed by atoms with E-state index in [1.807, 2.05) is 6.20 Å². The van der Waals surface area contributed by atoms with Crippen LogP contribution in [0.15, 0.2) is 24.4 Å². The van der Waals surface area contributed by atoms with Gasteiger partial charge in [-0.05, 0) is 24.1 Å². The maximum atomic E-state index is 8.59. The fourth-order valence-corrected chi connectivity index (χ4v) is 1.53. The van der Waals surface area contributed by atoms with Crippen LogP contribution in [0.3, 0.4) is 0 Å². The number of nitrogens with zero attached hydrogens (tertiary/aromatic N) is 1. The first-order valence-corrected chi connectivity index (χ1v) is 4.25. The van der Waals surface area contributed by atoms with Crippen molar-refractivity contribution in [2.75, 3.05) is 0 Å². The molecule has 0 aliphatic carbocycles. The number of hydrogen-bond acceptors (Lipinski definition) is 1. The van der Waals surface area contributed by atoms with Crippen molar-refractivity contribution in [2.45, 2.75) is 13.3 Å². The highest BCUT2D eigenvalue weighted by Gasteiger charge is 2.01. The Kier molecular flexibility index (Phi) is 1.79. The molecule has 0 aliphatic rings. The minimum Gasteiger partial charge on any atom is -0.361 e. The molecule has 0 amide bonds. The Bertz CT molecular complexity index is 474. The maximum absolute atomic E-state index is 8.59. The third-order valence-electron chi connectivity index (χ3n) is 2.19. The summed E-state index contributed by atoms with van der Waals surface area (Å²) in [6.45, 7) is 2.06. The highest BCUT2D eigenvalue weighted by Crippen LogP contribution is 2.19. The van der Waals surface area contributed by atoms with E-state index in [9.17, 15) is 0 Å². The van der Waals surface area contributed by atoms with Crippen LogP contribution in [0.4, 0.5) is 0 Å². The lowest BCUT2D eigenvalue weighted by Gasteiger charge is -1.93. The predicted molar refractivity (Wildman–Crippen MR) is 52.4 cm³/mol. The van der Waals surface area contributed by atoms with Crippen molar-refractivity contribution in [3.63, 3.8) is 0 Å². The molecule has 1 N–H and O–H groups in total. The minimum absolute atomic E-state index is 0.475. The van der Waals surface area contributed by atoms with Gasteiger partial charge in [-0.15, -0.1) is 0 Å². The normalized spacial score (nSPS) is 10.2. The van der Waals surface area contributed by atoms with E-state index >= 15 is 0 Å². The van der Waals surface area contributed by atoms with Gasteiger partial charge in [0, 0.05) is 17.1 Å². The zero-order chi connectivity index (χ0) is 9.26. The van der Waals surface area contributed by atoms with Gasteiger partial charge in [0.05, 0.1) is 12.5 Å². The van der Waals surface area contributed by atoms with E-state index in [1.165, 1.54) is 5.56 Å². The van der Waals surface area contributed by atoms with Crippen LogP contribution in [0.25, 0.3) is 10.9 Å². The number of nitriles is 1. The summed E-state index contributed by atoms with van der Waals surface area (Å²) in [6.07, 6.45) is 2.39. The van der Waals surface area contributed by atoms with Crippen LogP contribution in [0, 0.1) is 18.3 Å². The predicted octanol–water partition coefficient (Wildman–Crippen LogP) is 2.54. The summed E-state index contributed by atoms with van der Waals surface area (Å²) in [5, 5.41) is 9.75. The Labute approximate surface area is 76.8 Å². The molecule has 1 aromatic heterocycles. The Hall–Kier alpha value is -1.75. The lowest BCUT2D eigenvalue weighted by Crippen LogP contribution is -1.77. The Balaban J connectivity index is 2.63. The Morgan fingerprint density at radius 3 is 3.08 bits per heavy atom. The second kappa shape index (κ2) is 2.95. The van der Waals surface area contributed by atoms with Crippen LogP contribution in [0.1, 0.15) is 11.1 Å². The van der Waals surface area contributed by atoms with Gasteiger partial charge in [0.15, 0.2) is 0 Å². The summed E-state index contributed by atoms with van der Waals surface area (Å²) in [5.74, 6) is 0. The Morgan fingerprint density at radius 2 is 2.31 bits per heavy atom. The molecule has 0 radical (unpaired) electrons. The highest BCUT2D eigenvalue weighted by molar-refractivity contribution is 5.84. The second-order valence-corrected chi connectivity index (χ2v) is 3.20. The fraction of sp³-hybridized carbons (Fsp3) is 0.182. The molecular formula is C11H10N2. The molecule has 0 saturated carbocycles. The lowest BCUT2D eigenvalue weighted by molar-refractivity contribution is 1.28. The summed E-state index contributed by atoms with van der Waals surface area (Å²) in [7, 11) is 0. The standard InChI is InChI=1S/C11H10N2/c1-8-2-3-10-9(4-5-12)7-13-11(10)6-8/h2-3,6-7,13H,4H2,1H3. The Morgan fingerprint density at radius 1 is 1.46 bits per heavy atom. The molecule has 2 heteroatoms. The molecule has 0 bridgehead atoms. The number of rotatable bonds is 1. The monoisotopic (exact) mass is 170 g/mol. The number of aromatic nitrogens is 1. The molecule has 0 spiro atoms. The van der Waals surface area contributed by atoms with Gasteiger partial charge in [0.25, 0.3) is 0 Å². The van der Waals surface area contributed by atoms with Crippen LogP contribution >= 0.6 is 0 Å². The van der Waals surface area contributed by atoms with E-state index in [2.05, 4.69) is 36.2 Å². The van der Waals surface area contributed by atoms with Gasteiger partial charge in [-0.3, -0.25) is 0 Å². The van der Waals surface area contributed by atoms with Crippen molar-refractivity contribution in [1.82, 2.24) is 4.98 Å². The van der Waals surface area contributed by atoms with Gasteiger partial charge in [-0.25, -0.2) is 0 Å².